The van der Waals surface area contributed by atoms with Crippen LogP contribution in [-0.4, -0.2) is 24.7 Å². The molecule has 0 radical (unpaired) electrons. The standard InChI is InChI=1S/C23H22N2O4S/c1-16(2)18-8-10-19(11-9-18)28-15-22(26)25-24-14-17-5-3-6-20(13-17)29-23(27)21-7-4-12-30-21/h3-14,16H,15H2,1-2H3,(H,25,26). The van der Waals surface area contributed by atoms with Crippen LogP contribution >= 0.6 is 11.3 Å². The van der Waals surface area contributed by atoms with Crippen molar-refractivity contribution in [2.75, 3.05) is 6.61 Å². The number of hydrogen-bond acceptors (Lipinski definition) is 6. The zero-order valence-electron chi connectivity index (χ0n) is 16.7. The van der Waals surface area contributed by atoms with E-state index in [1.807, 2.05) is 29.6 Å². The minimum absolute atomic E-state index is 0.142. The number of carbonyl (C=O) groups is 2. The summed E-state index contributed by atoms with van der Waals surface area (Å²) in [5.74, 6) is 0.676. The third-order valence-corrected chi connectivity index (χ3v) is 4.96. The molecule has 0 unspecified atom stereocenters. The van der Waals surface area contributed by atoms with Crippen molar-refractivity contribution >= 4 is 29.4 Å². The first-order chi connectivity index (χ1) is 14.5. The van der Waals surface area contributed by atoms with Gasteiger partial charge in [-0.25, -0.2) is 10.2 Å². The summed E-state index contributed by atoms with van der Waals surface area (Å²) in [5, 5.41) is 5.73. The van der Waals surface area contributed by atoms with E-state index in [0.29, 0.717) is 27.9 Å². The van der Waals surface area contributed by atoms with Gasteiger partial charge in [-0.15, -0.1) is 11.3 Å². The highest BCUT2D eigenvalue weighted by Crippen LogP contribution is 2.19. The number of nitrogens with one attached hydrogen (secondary N) is 1. The monoisotopic (exact) mass is 422 g/mol. The zero-order chi connectivity index (χ0) is 21.3. The summed E-state index contributed by atoms with van der Waals surface area (Å²) in [6, 6.07) is 18.0. The van der Waals surface area contributed by atoms with Gasteiger partial charge < -0.3 is 9.47 Å². The van der Waals surface area contributed by atoms with E-state index in [-0.39, 0.29) is 12.5 Å². The van der Waals surface area contributed by atoms with Crippen LogP contribution in [0.4, 0.5) is 0 Å². The Labute approximate surface area is 179 Å². The van der Waals surface area contributed by atoms with Crippen molar-refractivity contribution in [2.24, 2.45) is 5.10 Å². The highest BCUT2D eigenvalue weighted by molar-refractivity contribution is 7.12. The Bertz CT molecular complexity index is 1010. The van der Waals surface area contributed by atoms with Gasteiger partial charge in [0.2, 0.25) is 0 Å². The Kier molecular flexibility index (Phi) is 7.34. The van der Waals surface area contributed by atoms with E-state index < -0.39 is 5.97 Å². The van der Waals surface area contributed by atoms with Gasteiger partial charge in [-0.2, -0.15) is 5.10 Å². The van der Waals surface area contributed by atoms with Crippen molar-refractivity contribution in [3.8, 4) is 11.5 Å². The Morgan fingerprint density at radius 1 is 1.07 bits per heavy atom. The fraction of sp³-hybridized carbons (Fsp3) is 0.174. The highest BCUT2D eigenvalue weighted by atomic mass is 32.1. The Morgan fingerprint density at radius 2 is 1.87 bits per heavy atom. The minimum atomic E-state index is -0.411. The average Bonchev–Trinajstić information content (AvgIpc) is 3.28. The van der Waals surface area contributed by atoms with E-state index in [1.54, 1.807) is 36.4 Å². The number of ether oxygens (including phenoxy) is 2. The Morgan fingerprint density at radius 3 is 2.57 bits per heavy atom. The first-order valence-electron chi connectivity index (χ1n) is 9.41. The molecule has 0 aliphatic heterocycles. The predicted octanol–water partition coefficient (Wildman–Crippen LogP) is 4.62. The topological polar surface area (TPSA) is 77.0 Å². The van der Waals surface area contributed by atoms with Crippen LogP contribution in [0.15, 0.2) is 71.1 Å². The molecule has 0 atom stereocenters. The van der Waals surface area contributed by atoms with Gasteiger partial charge in [-0.3, -0.25) is 4.79 Å². The molecule has 2 aromatic carbocycles. The summed E-state index contributed by atoms with van der Waals surface area (Å²) in [5.41, 5.74) is 4.30. The number of nitrogens with zero attached hydrogens (tertiary/aromatic N) is 1. The first kappa shape index (κ1) is 21.3. The van der Waals surface area contributed by atoms with Gasteiger partial charge in [0.15, 0.2) is 6.61 Å². The number of rotatable bonds is 8. The molecule has 7 heteroatoms. The largest absolute Gasteiger partial charge is 0.484 e. The van der Waals surface area contributed by atoms with Crippen molar-refractivity contribution in [3.05, 3.63) is 82.0 Å². The fourth-order valence-electron chi connectivity index (χ4n) is 2.52. The van der Waals surface area contributed by atoms with Crippen LogP contribution in [0, 0.1) is 0 Å². The molecule has 6 nitrogen and oxygen atoms in total. The number of amides is 1. The second-order valence-electron chi connectivity index (χ2n) is 6.74. The van der Waals surface area contributed by atoms with E-state index in [4.69, 9.17) is 9.47 Å². The van der Waals surface area contributed by atoms with E-state index in [9.17, 15) is 9.59 Å². The van der Waals surface area contributed by atoms with Crippen LogP contribution in [-0.2, 0) is 4.79 Å². The lowest BCUT2D eigenvalue weighted by Crippen LogP contribution is -2.24. The molecular formula is C23H22N2O4S. The summed E-state index contributed by atoms with van der Waals surface area (Å²) in [7, 11) is 0. The lowest BCUT2D eigenvalue weighted by molar-refractivity contribution is -0.123. The molecule has 3 aromatic rings. The fourth-order valence-corrected chi connectivity index (χ4v) is 3.12. The number of esters is 1. The number of thiophene rings is 1. The molecule has 0 aliphatic carbocycles. The molecule has 1 amide bonds. The number of hydrogen-bond donors (Lipinski definition) is 1. The van der Waals surface area contributed by atoms with Crippen molar-refractivity contribution in [3.63, 3.8) is 0 Å². The molecule has 1 aromatic heterocycles. The van der Waals surface area contributed by atoms with Crippen LogP contribution in [0.5, 0.6) is 11.5 Å². The van der Waals surface area contributed by atoms with Gasteiger partial charge in [-0.05, 0) is 52.8 Å². The van der Waals surface area contributed by atoms with Gasteiger partial charge >= 0.3 is 5.97 Å². The summed E-state index contributed by atoms with van der Waals surface area (Å²) < 4.78 is 10.8. The van der Waals surface area contributed by atoms with Crippen LogP contribution in [0.1, 0.15) is 40.6 Å². The van der Waals surface area contributed by atoms with Gasteiger partial charge in [0.25, 0.3) is 5.91 Å². The maximum Gasteiger partial charge on any atom is 0.353 e. The summed E-state index contributed by atoms with van der Waals surface area (Å²) in [4.78, 5) is 24.4. The molecule has 0 aliphatic rings. The lowest BCUT2D eigenvalue weighted by Gasteiger charge is -2.08. The summed E-state index contributed by atoms with van der Waals surface area (Å²) in [6.07, 6.45) is 1.47. The van der Waals surface area contributed by atoms with Gasteiger partial charge in [0.1, 0.15) is 16.4 Å². The SMILES string of the molecule is CC(C)c1ccc(OCC(=O)NN=Cc2cccc(OC(=O)c3cccs3)c2)cc1. The third-order valence-electron chi connectivity index (χ3n) is 4.11. The second kappa shape index (κ2) is 10.4. The van der Waals surface area contributed by atoms with E-state index in [0.717, 1.165) is 0 Å². The molecular weight excluding hydrogens is 400 g/mol. The zero-order valence-corrected chi connectivity index (χ0v) is 17.5. The van der Waals surface area contributed by atoms with Crippen LogP contribution in [0.2, 0.25) is 0 Å². The Balaban J connectivity index is 1.47. The van der Waals surface area contributed by atoms with Gasteiger partial charge in [-0.1, -0.05) is 44.2 Å². The average molecular weight is 423 g/mol. The maximum absolute atomic E-state index is 12.0. The number of carbonyl (C=O) groups excluding carboxylic acids is 2. The van der Waals surface area contributed by atoms with Gasteiger partial charge in [0.05, 0.1) is 6.21 Å². The molecule has 0 saturated heterocycles. The molecule has 0 spiro atoms. The van der Waals surface area contributed by atoms with E-state index >= 15 is 0 Å². The maximum atomic E-state index is 12.0. The predicted molar refractivity (Wildman–Crippen MR) is 117 cm³/mol. The molecule has 1 N–H and O–H groups in total. The van der Waals surface area contributed by atoms with Crippen molar-refractivity contribution in [1.29, 1.82) is 0 Å². The van der Waals surface area contributed by atoms with E-state index in [1.165, 1.54) is 23.1 Å². The highest BCUT2D eigenvalue weighted by Gasteiger charge is 2.09. The molecule has 1 heterocycles. The van der Waals surface area contributed by atoms with Crippen molar-refractivity contribution in [2.45, 2.75) is 19.8 Å². The normalized spacial score (nSPS) is 10.9. The quantitative estimate of drug-likeness (QED) is 0.249. The first-order valence-corrected chi connectivity index (χ1v) is 10.3. The second-order valence-corrected chi connectivity index (χ2v) is 7.69. The van der Waals surface area contributed by atoms with Crippen molar-refractivity contribution in [1.82, 2.24) is 5.43 Å². The minimum Gasteiger partial charge on any atom is -0.484 e. The van der Waals surface area contributed by atoms with Crippen LogP contribution in [0.3, 0.4) is 0 Å². The smallest absolute Gasteiger partial charge is 0.353 e. The van der Waals surface area contributed by atoms with E-state index in [2.05, 4.69) is 24.4 Å². The number of benzene rings is 2. The van der Waals surface area contributed by atoms with Crippen LogP contribution < -0.4 is 14.9 Å². The molecule has 154 valence electrons. The molecule has 0 fully saturated rings. The van der Waals surface area contributed by atoms with Crippen LogP contribution in [0.25, 0.3) is 0 Å². The molecule has 0 saturated carbocycles. The summed E-state index contributed by atoms with van der Waals surface area (Å²) in [6.45, 7) is 4.09. The summed E-state index contributed by atoms with van der Waals surface area (Å²) >= 11 is 1.32. The Hall–Kier alpha value is -3.45. The lowest BCUT2D eigenvalue weighted by atomic mass is 10.0. The molecule has 0 bridgehead atoms. The number of hydrazone groups is 1. The third kappa shape index (κ3) is 6.28. The van der Waals surface area contributed by atoms with Gasteiger partial charge in [0, 0.05) is 0 Å². The van der Waals surface area contributed by atoms with Crippen molar-refractivity contribution < 1.29 is 19.1 Å². The molecule has 3 rings (SSSR count). The molecule has 30 heavy (non-hydrogen) atoms.